The van der Waals surface area contributed by atoms with E-state index in [0.29, 0.717) is 24.0 Å². The van der Waals surface area contributed by atoms with Gasteiger partial charge in [0.1, 0.15) is 11.4 Å². The molecule has 0 radical (unpaired) electrons. The number of nitro benzene ring substituents is 1. The Morgan fingerprint density at radius 1 is 1.31 bits per heavy atom. The van der Waals surface area contributed by atoms with Gasteiger partial charge in [0.25, 0.3) is 11.6 Å². The van der Waals surface area contributed by atoms with Crippen molar-refractivity contribution in [2.75, 3.05) is 19.0 Å². The molecule has 8 nitrogen and oxygen atoms in total. The first-order valence-corrected chi connectivity index (χ1v) is 8.74. The SMILES string of the molecule is COc1ccc(NC(=O)COC(=O)C[C@@H]2C[C@H]3CC[C@@H]2C3)c([N+](=O)[O-])c1. The number of hydrogen-bond donors (Lipinski definition) is 1. The molecule has 3 rings (SSSR count). The number of hydrogen-bond acceptors (Lipinski definition) is 6. The van der Waals surface area contributed by atoms with Gasteiger partial charge in [0.15, 0.2) is 6.61 Å². The van der Waals surface area contributed by atoms with Crippen LogP contribution in [0.1, 0.15) is 32.1 Å². The van der Waals surface area contributed by atoms with Gasteiger partial charge in [-0.15, -0.1) is 0 Å². The van der Waals surface area contributed by atoms with Crippen molar-refractivity contribution in [2.24, 2.45) is 17.8 Å². The van der Waals surface area contributed by atoms with Gasteiger partial charge in [-0.3, -0.25) is 19.7 Å². The van der Waals surface area contributed by atoms with Gasteiger partial charge in [0.05, 0.1) is 18.1 Å². The first kappa shape index (κ1) is 18.2. The smallest absolute Gasteiger partial charge is 0.306 e. The molecule has 2 saturated carbocycles. The molecule has 0 aliphatic heterocycles. The van der Waals surface area contributed by atoms with Crippen molar-refractivity contribution in [1.29, 1.82) is 0 Å². The number of nitro groups is 1. The second-order valence-electron chi connectivity index (χ2n) is 6.99. The quantitative estimate of drug-likeness (QED) is 0.454. The Bertz CT molecular complexity index is 720. The lowest BCUT2D eigenvalue weighted by molar-refractivity contribution is -0.384. The molecule has 0 aromatic heterocycles. The number of amides is 1. The molecule has 0 spiro atoms. The van der Waals surface area contributed by atoms with Crippen molar-refractivity contribution in [2.45, 2.75) is 32.1 Å². The van der Waals surface area contributed by atoms with Crippen LogP contribution in [-0.2, 0) is 14.3 Å². The number of rotatable bonds is 7. The molecular formula is C18H22N2O6. The van der Waals surface area contributed by atoms with Crippen molar-refractivity contribution >= 4 is 23.3 Å². The minimum atomic E-state index is -0.612. The summed E-state index contributed by atoms with van der Waals surface area (Å²) >= 11 is 0. The lowest BCUT2D eigenvalue weighted by Gasteiger charge is -2.20. The first-order chi connectivity index (χ1) is 12.5. The van der Waals surface area contributed by atoms with Crippen molar-refractivity contribution < 1.29 is 24.0 Å². The lowest BCUT2D eigenvalue weighted by Crippen LogP contribution is -2.23. The molecule has 2 aliphatic carbocycles. The number of anilines is 1. The van der Waals surface area contributed by atoms with Crippen LogP contribution >= 0.6 is 0 Å². The van der Waals surface area contributed by atoms with Gasteiger partial charge in [-0.05, 0) is 49.1 Å². The average molecular weight is 362 g/mol. The third-order valence-corrected chi connectivity index (χ3v) is 5.35. The van der Waals surface area contributed by atoms with E-state index in [-0.39, 0.29) is 17.3 Å². The molecule has 26 heavy (non-hydrogen) atoms. The largest absolute Gasteiger partial charge is 0.496 e. The average Bonchev–Trinajstić information content (AvgIpc) is 3.23. The maximum atomic E-state index is 12.0. The molecule has 1 aromatic rings. The highest BCUT2D eigenvalue weighted by Crippen LogP contribution is 2.49. The molecule has 1 aromatic carbocycles. The molecule has 2 fully saturated rings. The number of carbonyl (C=O) groups is 2. The number of carbonyl (C=O) groups excluding carboxylic acids is 2. The van der Waals surface area contributed by atoms with Crippen molar-refractivity contribution in [3.05, 3.63) is 28.3 Å². The Morgan fingerprint density at radius 3 is 2.73 bits per heavy atom. The summed E-state index contributed by atoms with van der Waals surface area (Å²) in [5, 5.41) is 13.5. The molecule has 8 heteroatoms. The van der Waals surface area contributed by atoms with E-state index < -0.39 is 17.4 Å². The third-order valence-electron chi connectivity index (χ3n) is 5.35. The number of fused-ring (bicyclic) bond motifs is 2. The Balaban J connectivity index is 1.49. The molecule has 0 unspecified atom stereocenters. The van der Waals surface area contributed by atoms with Gasteiger partial charge in [-0.25, -0.2) is 0 Å². The minimum Gasteiger partial charge on any atom is -0.496 e. The number of ether oxygens (including phenoxy) is 2. The Kier molecular flexibility index (Phi) is 5.39. The van der Waals surface area contributed by atoms with Crippen molar-refractivity contribution in [3.8, 4) is 5.75 Å². The highest BCUT2D eigenvalue weighted by molar-refractivity contribution is 5.95. The first-order valence-electron chi connectivity index (χ1n) is 8.74. The Labute approximate surface area is 151 Å². The van der Waals surface area contributed by atoms with Gasteiger partial charge < -0.3 is 14.8 Å². The maximum Gasteiger partial charge on any atom is 0.306 e. The topological polar surface area (TPSA) is 108 Å². The summed E-state index contributed by atoms with van der Waals surface area (Å²) in [6.07, 6.45) is 5.07. The molecule has 0 saturated heterocycles. The van der Waals surface area contributed by atoms with E-state index in [1.54, 1.807) is 0 Å². The molecule has 2 bridgehead atoms. The predicted octanol–water partition coefficient (Wildman–Crippen LogP) is 2.91. The fraction of sp³-hybridized carbons (Fsp3) is 0.556. The lowest BCUT2D eigenvalue weighted by atomic mass is 9.86. The fourth-order valence-electron chi connectivity index (χ4n) is 4.13. The van der Waals surface area contributed by atoms with Gasteiger partial charge in [0, 0.05) is 6.42 Å². The van der Waals surface area contributed by atoms with Gasteiger partial charge in [-0.1, -0.05) is 6.42 Å². The minimum absolute atomic E-state index is 0.0324. The van der Waals surface area contributed by atoms with E-state index in [2.05, 4.69) is 5.32 Å². The summed E-state index contributed by atoms with van der Waals surface area (Å²) in [5.41, 5.74) is -0.254. The van der Waals surface area contributed by atoms with Crippen molar-refractivity contribution in [3.63, 3.8) is 0 Å². The van der Waals surface area contributed by atoms with Crippen LogP contribution in [0, 0.1) is 27.9 Å². The number of benzene rings is 1. The van der Waals surface area contributed by atoms with Crippen LogP contribution in [0.5, 0.6) is 5.75 Å². The van der Waals surface area contributed by atoms with Gasteiger partial charge in [0.2, 0.25) is 0 Å². The zero-order valence-corrected chi connectivity index (χ0v) is 14.6. The summed E-state index contributed by atoms with van der Waals surface area (Å²) in [6.45, 7) is -0.456. The highest BCUT2D eigenvalue weighted by atomic mass is 16.6. The summed E-state index contributed by atoms with van der Waals surface area (Å²) in [4.78, 5) is 34.4. The third kappa shape index (κ3) is 4.12. The van der Waals surface area contributed by atoms with Crippen LogP contribution in [0.25, 0.3) is 0 Å². The second kappa shape index (κ2) is 7.72. The van der Waals surface area contributed by atoms with Crippen LogP contribution in [0.2, 0.25) is 0 Å². The van der Waals surface area contributed by atoms with Crippen LogP contribution in [-0.4, -0.2) is 30.5 Å². The van der Waals surface area contributed by atoms with Crippen molar-refractivity contribution in [1.82, 2.24) is 0 Å². The fourth-order valence-corrected chi connectivity index (χ4v) is 4.13. The molecule has 1 amide bonds. The van der Waals surface area contributed by atoms with Gasteiger partial charge in [-0.2, -0.15) is 0 Å². The van der Waals surface area contributed by atoms with Crippen LogP contribution in [0.15, 0.2) is 18.2 Å². The summed E-state index contributed by atoms with van der Waals surface area (Å²) in [7, 11) is 1.40. The number of methoxy groups -OCH3 is 1. The van der Waals surface area contributed by atoms with E-state index in [1.807, 2.05) is 0 Å². The Hall–Kier alpha value is -2.64. The Morgan fingerprint density at radius 2 is 2.12 bits per heavy atom. The summed E-state index contributed by atoms with van der Waals surface area (Å²) < 4.78 is 9.99. The normalized spacial score (nSPS) is 23.5. The summed E-state index contributed by atoms with van der Waals surface area (Å²) in [5.74, 6) is 1.04. The van der Waals surface area contributed by atoms with Crippen LogP contribution in [0.3, 0.4) is 0 Å². The van der Waals surface area contributed by atoms with Crippen LogP contribution in [0.4, 0.5) is 11.4 Å². The van der Waals surface area contributed by atoms with Crippen LogP contribution < -0.4 is 10.1 Å². The van der Waals surface area contributed by atoms with E-state index in [9.17, 15) is 19.7 Å². The molecular weight excluding hydrogens is 340 g/mol. The number of nitrogens with one attached hydrogen (secondary N) is 1. The molecule has 140 valence electrons. The second-order valence-corrected chi connectivity index (χ2v) is 6.99. The standard InChI is InChI=1S/C18H22N2O6/c1-25-14-4-5-15(16(9-14)20(23)24)19-17(21)10-26-18(22)8-13-7-11-2-3-12(13)6-11/h4-5,9,11-13H,2-3,6-8,10H2,1H3,(H,19,21)/t11-,12+,13-/m0/s1. The zero-order valence-electron chi connectivity index (χ0n) is 14.6. The monoisotopic (exact) mass is 362 g/mol. The zero-order chi connectivity index (χ0) is 18.7. The molecule has 1 N–H and O–H groups in total. The summed E-state index contributed by atoms with van der Waals surface area (Å²) in [6, 6.07) is 4.10. The predicted molar refractivity (Wildman–Crippen MR) is 92.8 cm³/mol. The molecule has 3 atom stereocenters. The van der Waals surface area contributed by atoms with E-state index in [0.717, 1.165) is 12.3 Å². The number of esters is 1. The van der Waals surface area contributed by atoms with E-state index >= 15 is 0 Å². The molecule has 0 heterocycles. The molecule has 2 aliphatic rings. The van der Waals surface area contributed by atoms with Gasteiger partial charge >= 0.3 is 5.97 Å². The highest BCUT2D eigenvalue weighted by Gasteiger charge is 2.40. The number of nitrogens with zero attached hydrogens (tertiary/aromatic N) is 1. The maximum absolute atomic E-state index is 12.0. The van der Waals surface area contributed by atoms with E-state index in [4.69, 9.17) is 9.47 Å². The van der Waals surface area contributed by atoms with E-state index in [1.165, 1.54) is 44.6 Å².